The fourth-order valence-electron chi connectivity index (χ4n) is 4.66. The van der Waals surface area contributed by atoms with Crippen molar-refractivity contribution in [2.24, 2.45) is 5.41 Å². The average Bonchev–Trinajstić information content (AvgIpc) is 2.45. The summed E-state index contributed by atoms with van der Waals surface area (Å²) in [6.07, 6.45) is 7.05. The molecule has 2 heterocycles. The van der Waals surface area contributed by atoms with Crippen molar-refractivity contribution in [3.63, 3.8) is 0 Å². The van der Waals surface area contributed by atoms with Crippen molar-refractivity contribution >= 4 is 5.69 Å². The molecule has 0 amide bonds. The molecule has 3 aliphatic rings. The van der Waals surface area contributed by atoms with E-state index in [1.807, 2.05) is 0 Å². The van der Waals surface area contributed by atoms with Gasteiger partial charge in [0.05, 0.1) is 0 Å². The molecule has 1 aliphatic carbocycles. The summed E-state index contributed by atoms with van der Waals surface area (Å²) >= 11 is 0. The lowest BCUT2D eigenvalue weighted by atomic mass is 9.63. The molecule has 2 heteroatoms. The molecule has 0 aromatic heterocycles. The third-order valence-electron chi connectivity index (χ3n) is 6.43. The molecule has 3 fully saturated rings. The molecule has 0 bridgehead atoms. The molecular formula is C20H30N2. The van der Waals surface area contributed by atoms with Crippen LogP contribution in [-0.2, 0) is 0 Å². The van der Waals surface area contributed by atoms with Crippen molar-refractivity contribution < 1.29 is 0 Å². The van der Waals surface area contributed by atoms with Crippen LogP contribution in [-0.4, -0.2) is 37.1 Å². The standard InChI is InChI=1S/C20H30N2/c1-16(2)21-11-7-17(8-12-21)18-5-3-6-19(13-18)22-14-20(15-22)9-4-10-20/h3,5-6,13,16-17H,4,7-12,14-15H2,1-2H3. The van der Waals surface area contributed by atoms with Gasteiger partial charge in [-0.2, -0.15) is 0 Å². The van der Waals surface area contributed by atoms with Gasteiger partial charge in [-0.1, -0.05) is 18.6 Å². The Bertz CT molecular complexity index is 516. The second-order valence-corrected chi connectivity index (χ2v) is 8.21. The second kappa shape index (κ2) is 5.56. The minimum absolute atomic E-state index is 0.701. The molecule has 1 aromatic carbocycles. The van der Waals surface area contributed by atoms with Crippen LogP contribution in [0.4, 0.5) is 5.69 Å². The van der Waals surface area contributed by atoms with Crippen LogP contribution in [0, 0.1) is 5.41 Å². The predicted molar refractivity (Wildman–Crippen MR) is 93.6 cm³/mol. The first-order chi connectivity index (χ1) is 10.7. The Morgan fingerprint density at radius 2 is 1.82 bits per heavy atom. The first-order valence-corrected chi connectivity index (χ1v) is 9.24. The summed E-state index contributed by atoms with van der Waals surface area (Å²) in [6, 6.07) is 10.1. The van der Waals surface area contributed by atoms with Gasteiger partial charge < -0.3 is 9.80 Å². The van der Waals surface area contributed by atoms with Crippen molar-refractivity contribution in [3.05, 3.63) is 29.8 Å². The molecule has 120 valence electrons. The highest BCUT2D eigenvalue weighted by Crippen LogP contribution is 2.49. The van der Waals surface area contributed by atoms with Crippen LogP contribution in [0.3, 0.4) is 0 Å². The van der Waals surface area contributed by atoms with Crippen LogP contribution in [0.1, 0.15) is 57.4 Å². The maximum atomic E-state index is 2.62. The summed E-state index contributed by atoms with van der Waals surface area (Å²) in [5.74, 6) is 0.772. The molecule has 0 unspecified atom stereocenters. The Hall–Kier alpha value is -1.02. The number of nitrogens with zero attached hydrogens (tertiary/aromatic N) is 2. The number of benzene rings is 1. The van der Waals surface area contributed by atoms with Gasteiger partial charge in [-0.05, 0) is 76.2 Å². The SMILES string of the molecule is CC(C)N1CCC(c2cccc(N3CC4(CCC4)C3)c2)CC1. The lowest BCUT2D eigenvalue weighted by Crippen LogP contribution is -2.59. The largest absolute Gasteiger partial charge is 0.370 e. The van der Waals surface area contributed by atoms with Crippen LogP contribution < -0.4 is 4.90 Å². The molecule has 1 saturated carbocycles. The van der Waals surface area contributed by atoms with Crippen molar-refractivity contribution in [1.82, 2.24) is 4.90 Å². The zero-order valence-corrected chi connectivity index (χ0v) is 14.2. The summed E-state index contributed by atoms with van der Waals surface area (Å²) in [5.41, 5.74) is 3.77. The number of piperidine rings is 1. The Labute approximate surface area is 135 Å². The normalized spacial score (nSPS) is 25.3. The summed E-state index contributed by atoms with van der Waals surface area (Å²) < 4.78 is 0. The average molecular weight is 298 g/mol. The van der Waals surface area contributed by atoms with Crippen molar-refractivity contribution in [2.45, 2.75) is 57.9 Å². The lowest BCUT2D eigenvalue weighted by molar-refractivity contribution is 0.0904. The molecule has 1 aromatic rings. The van der Waals surface area contributed by atoms with E-state index < -0.39 is 0 Å². The highest BCUT2D eigenvalue weighted by atomic mass is 15.2. The van der Waals surface area contributed by atoms with Gasteiger partial charge in [0.15, 0.2) is 0 Å². The van der Waals surface area contributed by atoms with E-state index in [2.05, 4.69) is 47.9 Å². The number of rotatable bonds is 3. The Morgan fingerprint density at radius 1 is 1.09 bits per heavy atom. The van der Waals surface area contributed by atoms with Gasteiger partial charge in [0, 0.05) is 30.2 Å². The molecule has 2 saturated heterocycles. The summed E-state index contributed by atoms with van der Waals surface area (Å²) in [5, 5.41) is 0. The van der Waals surface area contributed by atoms with Crippen LogP contribution in [0.5, 0.6) is 0 Å². The van der Waals surface area contributed by atoms with Gasteiger partial charge >= 0.3 is 0 Å². The first kappa shape index (κ1) is 14.6. The summed E-state index contributed by atoms with van der Waals surface area (Å²) in [7, 11) is 0. The lowest BCUT2D eigenvalue weighted by Gasteiger charge is -2.57. The van der Waals surface area contributed by atoms with Gasteiger partial charge in [-0.15, -0.1) is 0 Å². The van der Waals surface area contributed by atoms with E-state index in [1.54, 1.807) is 5.56 Å². The number of anilines is 1. The smallest absolute Gasteiger partial charge is 0.0369 e. The number of hydrogen-bond donors (Lipinski definition) is 0. The molecular weight excluding hydrogens is 268 g/mol. The second-order valence-electron chi connectivity index (χ2n) is 8.21. The summed E-state index contributed by atoms with van der Waals surface area (Å²) in [6.45, 7) is 9.78. The van der Waals surface area contributed by atoms with Crippen LogP contribution >= 0.6 is 0 Å². The molecule has 22 heavy (non-hydrogen) atoms. The van der Waals surface area contributed by atoms with E-state index in [1.165, 1.54) is 64.0 Å². The third kappa shape index (κ3) is 2.56. The minimum Gasteiger partial charge on any atom is -0.370 e. The first-order valence-electron chi connectivity index (χ1n) is 9.24. The third-order valence-corrected chi connectivity index (χ3v) is 6.43. The number of hydrogen-bond acceptors (Lipinski definition) is 2. The van der Waals surface area contributed by atoms with Gasteiger partial charge in [0.25, 0.3) is 0 Å². The fraction of sp³-hybridized carbons (Fsp3) is 0.700. The van der Waals surface area contributed by atoms with Gasteiger partial charge in [0.1, 0.15) is 0 Å². The molecule has 2 nitrogen and oxygen atoms in total. The maximum Gasteiger partial charge on any atom is 0.0369 e. The summed E-state index contributed by atoms with van der Waals surface area (Å²) in [4.78, 5) is 5.22. The topological polar surface area (TPSA) is 6.48 Å². The van der Waals surface area contributed by atoms with E-state index in [-0.39, 0.29) is 0 Å². The van der Waals surface area contributed by atoms with Gasteiger partial charge in [-0.25, -0.2) is 0 Å². The minimum atomic E-state index is 0.701. The van der Waals surface area contributed by atoms with E-state index >= 15 is 0 Å². The van der Waals surface area contributed by atoms with Crippen molar-refractivity contribution in [1.29, 1.82) is 0 Å². The van der Waals surface area contributed by atoms with Crippen LogP contribution in [0.2, 0.25) is 0 Å². The van der Waals surface area contributed by atoms with E-state index in [0.717, 1.165) is 11.3 Å². The molecule has 1 spiro atoms. The Balaban J connectivity index is 1.40. The molecule has 2 aliphatic heterocycles. The van der Waals surface area contributed by atoms with Gasteiger partial charge in [-0.3, -0.25) is 0 Å². The molecule has 0 atom stereocenters. The maximum absolute atomic E-state index is 2.62. The predicted octanol–water partition coefficient (Wildman–Crippen LogP) is 4.26. The van der Waals surface area contributed by atoms with E-state index in [0.29, 0.717) is 6.04 Å². The van der Waals surface area contributed by atoms with Crippen molar-refractivity contribution in [3.8, 4) is 0 Å². The molecule has 0 radical (unpaired) electrons. The van der Waals surface area contributed by atoms with Gasteiger partial charge in [0.2, 0.25) is 0 Å². The highest BCUT2D eigenvalue weighted by molar-refractivity contribution is 5.52. The molecule has 4 rings (SSSR count). The zero-order valence-electron chi connectivity index (χ0n) is 14.2. The Kier molecular flexibility index (Phi) is 3.68. The van der Waals surface area contributed by atoms with Crippen molar-refractivity contribution in [2.75, 3.05) is 31.1 Å². The fourth-order valence-corrected chi connectivity index (χ4v) is 4.66. The van der Waals surface area contributed by atoms with Crippen LogP contribution in [0.25, 0.3) is 0 Å². The van der Waals surface area contributed by atoms with Crippen LogP contribution in [0.15, 0.2) is 24.3 Å². The number of likely N-dealkylation sites (tertiary alicyclic amines) is 1. The monoisotopic (exact) mass is 298 g/mol. The highest BCUT2D eigenvalue weighted by Gasteiger charge is 2.47. The Morgan fingerprint density at radius 3 is 2.41 bits per heavy atom. The van der Waals surface area contributed by atoms with E-state index in [4.69, 9.17) is 0 Å². The molecule has 0 N–H and O–H groups in total. The zero-order chi connectivity index (χ0) is 15.2. The quantitative estimate of drug-likeness (QED) is 0.822. The van der Waals surface area contributed by atoms with E-state index in [9.17, 15) is 0 Å².